The first-order valence-corrected chi connectivity index (χ1v) is 11.6. The summed E-state index contributed by atoms with van der Waals surface area (Å²) in [5, 5.41) is 23.2. The van der Waals surface area contributed by atoms with Crippen molar-refractivity contribution < 1.29 is 15.0 Å². The van der Waals surface area contributed by atoms with E-state index in [-0.39, 0.29) is 23.0 Å². The fourth-order valence-corrected chi connectivity index (χ4v) is 4.86. The fourth-order valence-electron chi connectivity index (χ4n) is 4.86. The maximum Gasteiger partial charge on any atom is 0.262 e. The van der Waals surface area contributed by atoms with Crippen LogP contribution in [-0.2, 0) is 6.42 Å². The largest absolute Gasteiger partial charge is 0.508 e. The van der Waals surface area contributed by atoms with Crippen molar-refractivity contribution in [1.82, 2.24) is 9.97 Å². The van der Waals surface area contributed by atoms with Crippen LogP contribution >= 0.6 is 0 Å². The second-order valence-corrected chi connectivity index (χ2v) is 8.96. The minimum absolute atomic E-state index is 0.0743. The first-order chi connectivity index (χ1) is 16.0. The van der Waals surface area contributed by atoms with Gasteiger partial charge in [0.2, 0.25) is 5.95 Å². The molecule has 1 aromatic heterocycles. The minimum atomic E-state index is -0.275. The smallest absolute Gasteiger partial charge is 0.262 e. The van der Waals surface area contributed by atoms with Gasteiger partial charge < -0.3 is 20.4 Å². The summed E-state index contributed by atoms with van der Waals surface area (Å²) in [6.07, 6.45) is 8.38. The van der Waals surface area contributed by atoms with E-state index < -0.39 is 0 Å². The Morgan fingerprint density at radius 3 is 2.70 bits per heavy atom. The molecule has 2 aliphatic rings. The average Bonchev–Trinajstić information content (AvgIpc) is 3.32. The number of aryl methyl sites for hydroxylation is 2. The molecule has 170 valence electrons. The highest BCUT2D eigenvalue weighted by molar-refractivity contribution is 6.08. The number of amides is 1. The summed E-state index contributed by atoms with van der Waals surface area (Å²) in [5.41, 5.74) is 5.01. The molecule has 1 amide bonds. The Labute approximate surface area is 193 Å². The highest BCUT2D eigenvalue weighted by Gasteiger charge is 2.26. The number of carbonyl (C=O) groups is 1. The lowest BCUT2D eigenvalue weighted by Crippen LogP contribution is -2.35. The fraction of sp³-hybridized carbons (Fsp3) is 0.346. The van der Waals surface area contributed by atoms with Crippen molar-refractivity contribution in [3.05, 3.63) is 59.3 Å². The van der Waals surface area contributed by atoms with Gasteiger partial charge in [0.1, 0.15) is 11.5 Å². The molecule has 3 N–H and O–H groups in total. The van der Waals surface area contributed by atoms with E-state index >= 15 is 0 Å². The lowest BCUT2D eigenvalue weighted by atomic mass is 9.96. The Morgan fingerprint density at radius 1 is 1.09 bits per heavy atom. The highest BCUT2D eigenvalue weighted by atomic mass is 16.3. The van der Waals surface area contributed by atoms with Crippen molar-refractivity contribution in [2.24, 2.45) is 0 Å². The van der Waals surface area contributed by atoms with Crippen molar-refractivity contribution in [2.75, 3.05) is 16.8 Å². The minimum Gasteiger partial charge on any atom is -0.508 e. The standard InChI is InChI=1S/C26H28N4O3/c1-16-15-27-26(28-19-6-2-3-7-19)29-24(16)18-8-11-22-17(13-18)5-4-12-30(22)25(33)21-10-9-20(31)14-23(21)32/h8-11,13-15,19,31-32H,2-7,12H2,1H3,(H,27,28,29). The number of nitrogens with one attached hydrogen (secondary N) is 1. The monoisotopic (exact) mass is 444 g/mol. The molecule has 3 aromatic rings. The molecular formula is C26H28N4O3. The molecule has 0 spiro atoms. The highest BCUT2D eigenvalue weighted by Crippen LogP contribution is 2.35. The molecule has 5 rings (SSSR count). The van der Waals surface area contributed by atoms with Crippen LogP contribution in [0.15, 0.2) is 42.6 Å². The van der Waals surface area contributed by atoms with E-state index in [4.69, 9.17) is 4.98 Å². The molecule has 2 heterocycles. The van der Waals surface area contributed by atoms with Gasteiger partial charge in [0.15, 0.2) is 0 Å². The van der Waals surface area contributed by atoms with Crippen LogP contribution in [0.3, 0.4) is 0 Å². The number of carbonyl (C=O) groups excluding carboxylic acids is 1. The third kappa shape index (κ3) is 4.23. The molecule has 0 saturated heterocycles. The third-order valence-electron chi connectivity index (χ3n) is 6.59. The summed E-state index contributed by atoms with van der Waals surface area (Å²) < 4.78 is 0. The Bertz CT molecular complexity index is 1200. The maximum absolute atomic E-state index is 13.2. The quantitative estimate of drug-likeness (QED) is 0.534. The molecule has 33 heavy (non-hydrogen) atoms. The van der Waals surface area contributed by atoms with E-state index in [2.05, 4.69) is 16.4 Å². The summed E-state index contributed by atoms with van der Waals surface area (Å²) in [7, 11) is 0. The topological polar surface area (TPSA) is 98.6 Å². The Hall–Kier alpha value is -3.61. The Balaban J connectivity index is 1.44. The second-order valence-electron chi connectivity index (χ2n) is 8.96. The van der Waals surface area contributed by atoms with Crippen LogP contribution in [0.1, 0.15) is 53.6 Å². The molecule has 0 bridgehead atoms. The number of hydrogen-bond donors (Lipinski definition) is 3. The van der Waals surface area contributed by atoms with E-state index in [0.717, 1.165) is 53.8 Å². The van der Waals surface area contributed by atoms with Crippen LogP contribution in [0.2, 0.25) is 0 Å². The molecule has 0 atom stereocenters. The number of benzene rings is 2. The molecule has 1 saturated carbocycles. The predicted octanol–water partition coefficient (Wildman–Crippen LogP) is 4.81. The van der Waals surface area contributed by atoms with Crippen LogP contribution in [-0.4, -0.2) is 38.7 Å². The van der Waals surface area contributed by atoms with Gasteiger partial charge in [-0.15, -0.1) is 0 Å². The van der Waals surface area contributed by atoms with Gasteiger partial charge in [-0.25, -0.2) is 9.97 Å². The lowest BCUT2D eigenvalue weighted by molar-refractivity contribution is 0.0982. The number of phenols is 2. The van der Waals surface area contributed by atoms with Gasteiger partial charge in [-0.1, -0.05) is 18.9 Å². The zero-order valence-electron chi connectivity index (χ0n) is 18.7. The molecule has 1 fully saturated rings. The van der Waals surface area contributed by atoms with Crippen LogP contribution in [0.5, 0.6) is 11.5 Å². The van der Waals surface area contributed by atoms with Crippen LogP contribution in [0.4, 0.5) is 11.6 Å². The van der Waals surface area contributed by atoms with Gasteiger partial charge in [0.25, 0.3) is 5.91 Å². The molecule has 0 radical (unpaired) electrons. The van der Waals surface area contributed by atoms with E-state index in [1.54, 1.807) is 4.90 Å². The van der Waals surface area contributed by atoms with E-state index in [1.807, 2.05) is 25.3 Å². The summed E-state index contributed by atoms with van der Waals surface area (Å²) >= 11 is 0. The Morgan fingerprint density at radius 2 is 1.91 bits per heavy atom. The molecule has 2 aromatic carbocycles. The summed E-state index contributed by atoms with van der Waals surface area (Å²) in [6, 6.07) is 10.6. The van der Waals surface area contributed by atoms with Gasteiger partial charge in [-0.3, -0.25) is 4.79 Å². The number of phenolic OH excluding ortho intramolecular Hbond substituents is 2. The van der Waals surface area contributed by atoms with Gasteiger partial charge in [0.05, 0.1) is 11.3 Å². The average molecular weight is 445 g/mol. The molecule has 1 aliphatic heterocycles. The van der Waals surface area contributed by atoms with Crippen molar-refractivity contribution in [1.29, 1.82) is 0 Å². The normalized spacial score (nSPS) is 16.0. The maximum atomic E-state index is 13.2. The number of anilines is 2. The summed E-state index contributed by atoms with van der Waals surface area (Å²) in [4.78, 5) is 24.2. The van der Waals surface area contributed by atoms with Crippen molar-refractivity contribution in [2.45, 2.75) is 51.5 Å². The Kier molecular flexibility index (Phi) is 5.62. The zero-order valence-corrected chi connectivity index (χ0v) is 18.7. The molecule has 7 nitrogen and oxygen atoms in total. The van der Waals surface area contributed by atoms with E-state index in [1.165, 1.54) is 31.0 Å². The van der Waals surface area contributed by atoms with Gasteiger partial charge >= 0.3 is 0 Å². The number of fused-ring (bicyclic) bond motifs is 1. The predicted molar refractivity (Wildman–Crippen MR) is 128 cm³/mol. The number of aromatic nitrogens is 2. The number of aromatic hydroxyl groups is 2. The number of nitrogens with zero attached hydrogens (tertiary/aromatic N) is 3. The SMILES string of the molecule is Cc1cnc(NC2CCCC2)nc1-c1ccc2c(c1)CCCN2C(=O)c1ccc(O)cc1O. The van der Waals surface area contributed by atoms with Gasteiger partial charge in [-0.2, -0.15) is 0 Å². The first-order valence-electron chi connectivity index (χ1n) is 11.6. The lowest BCUT2D eigenvalue weighted by Gasteiger charge is -2.30. The second kappa shape index (κ2) is 8.73. The first kappa shape index (κ1) is 21.2. The third-order valence-corrected chi connectivity index (χ3v) is 6.59. The van der Waals surface area contributed by atoms with Crippen LogP contribution in [0, 0.1) is 6.92 Å². The van der Waals surface area contributed by atoms with E-state index in [0.29, 0.717) is 18.5 Å². The zero-order chi connectivity index (χ0) is 22.9. The molecular weight excluding hydrogens is 416 g/mol. The van der Waals surface area contributed by atoms with Crippen molar-refractivity contribution in [3.8, 4) is 22.8 Å². The molecule has 1 aliphatic carbocycles. The van der Waals surface area contributed by atoms with Crippen molar-refractivity contribution in [3.63, 3.8) is 0 Å². The van der Waals surface area contributed by atoms with Gasteiger partial charge in [-0.05, 0) is 68.0 Å². The molecule has 0 unspecified atom stereocenters. The van der Waals surface area contributed by atoms with Gasteiger partial charge in [0, 0.05) is 36.1 Å². The molecule has 7 heteroatoms. The van der Waals surface area contributed by atoms with Crippen LogP contribution < -0.4 is 10.2 Å². The van der Waals surface area contributed by atoms with E-state index in [9.17, 15) is 15.0 Å². The number of rotatable bonds is 4. The number of hydrogen-bond acceptors (Lipinski definition) is 6. The summed E-state index contributed by atoms with van der Waals surface area (Å²) in [6.45, 7) is 2.59. The van der Waals surface area contributed by atoms with Crippen molar-refractivity contribution >= 4 is 17.5 Å². The summed E-state index contributed by atoms with van der Waals surface area (Å²) in [5.74, 6) is 0.0969. The van der Waals surface area contributed by atoms with Crippen LogP contribution in [0.25, 0.3) is 11.3 Å².